The number of methoxy groups -OCH3 is 4. The molecule has 34 heavy (non-hydrogen) atoms. The Morgan fingerprint density at radius 1 is 0.912 bits per heavy atom. The molecule has 0 saturated carbocycles. The zero-order chi connectivity index (χ0) is 24.4. The number of amides is 1. The summed E-state index contributed by atoms with van der Waals surface area (Å²) >= 11 is 0. The second-order valence-electron chi connectivity index (χ2n) is 7.61. The van der Waals surface area contributed by atoms with Crippen LogP contribution in [-0.4, -0.2) is 40.5 Å². The van der Waals surface area contributed by atoms with Crippen LogP contribution < -0.4 is 34.6 Å². The lowest BCUT2D eigenvalue weighted by Gasteiger charge is -2.20. The van der Waals surface area contributed by atoms with Crippen molar-refractivity contribution in [3.8, 4) is 28.7 Å². The molecule has 9 heteroatoms. The number of carbonyl (C=O) groups is 1. The Bertz CT molecular complexity index is 1240. The zero-order valence-corrected chi connectivity index (χ0v) is 19.5. The van der Waals surface area contributed by atoms with Crippen LogP contribution in [0.1, 0.15) is 22.8 Å². The van der Waals surface area contributed by atoms with E-state index in [1.54, 1.807) is 56.5 Å². The Morgan fingerprint density at radius 2 is 1.56 bits per heavy atom. The van der Waals surface area contributed by atoms with Crippen LogP contribution in [0.3, 0.4) is 0 Å². The van der Waals surface area contributed by atoms with E-state index < -0.39 is 23.6 Å². The largest absolute Gasteiger partial charge is 0.497 e. The van der Waals surface area contributed by atoms with E-state index in [-0.39, 0.29) is 0 Å². The van der Waals surface area contributed by atoms with Crippen molar-refractivity contribution in [2.24, 2.45) is 0 Å². The van der Waals surface area contributed by atoms with Gasteiger partial charge in [-0.1, -0.05) is 12.1 Å². The first kappa shape index (κ1) is 23.0. The maximum Gasteiger partial charge on any atom is 0.343 e. The van der Waals surface area contributed by atoms with Gasteiger partial charge >= 0.3 is 5.63 Å². The van der Waals surface area contributed by atoms with Gasteiger partial charge in [0.25, 0.3) is 5.91 Å². The number of aryl methyl sites for hydroxylation is 1. The van der Waals surface area contributed by atoms with Crippen molar-refractivity contribution in [3.63, 3.8) is 0 Å². The predicted octanol–water partition coefficient (Wildman–Crippen LogP) is 3.51. The van der Waals surface area contributed by atoms with Gasteiger partial charge in [0.15, 0.2) is 17.6 Å². The third kappa shape index (κ3) is 4.12. The van der Waals surface area contributed by atoms with Gasteiger partial charge < -0.3 is 33.4 Å². The first-order valence-electron chi connectivity index (χ1n) is 10.5. The SMILES string of the molecule is COc1ccc([C@@H]2c3c(cc(C)oc3=O)O[C@H]2C(=O)Nc2cc(OC)c(OC)c(OC)c2)cc1. The number of carbonyl (C=O) groups excluding carboxylic acids is 1. The summed E-state index contributed by atoms with van der Waals surface area (Å²) in [6, 6.07) is 11.9. The molecule has 1 N–H and O–H groups in total. The fourth-order valence-electron chi connectivity index (χ4n) is 4.05. The van der Waals surface area contributed by atoms with E-state index in [9.17, 15) is 9.59 Å². The second-order valence-corrected chi connectivity index (χ2v) is 7.61. The van der Waals surface area contributed by atoms with Crippen LogP contribution >= 0.6 is 0 Å². The summed E-state index contributed by atoms with van der Waals surface area (Å²) in [5.41, 5.74) is 0.871. The molecular formula is C25H25NO8. The van der Waals surface area contributed by atoms with Gasteiger partial charge in [-0.3, -0.25) is 4.79 Å². The molecule has 1 aliphatic heterocycles. The van der Waals surface area contributed by atoms with Crippen LogP contribution in [0, 0.1) is 6.92 Å². The van der Waals surface area contributed by atoms with E-state index >= 15 is 0 Å². The molecule has 0 saturated heterocycles. The van der Waals surface area contributed by atoms with E-state index in [1.165, 1.54) is 21.3 Å². The first-order chi connectivity index (χ1) is 16.4. The Morgan fingerprint density at radius 3 is 2.12 bits per heavy atom. The molecule has 2 atom stereocenters. The molecule has 2 heterocycles. The molecule has 4 rings (SSSR count). The molecule has 178 valence electrons. The van der Waals surface area contributed by atoms with E-state index in [2.05, 4.69) is 5.32 Å². The van der Waals surface area contributed by atoms with Crippen LogP contribution in [0.4, 0.5) is 5.69 Å². The molecule has 0 bridgehead atoms. The molecule has 0 spiro atoms. The minimum Gasteiger partial charge on any atom is -0.497 e. The smallest absolute Gasteiger partial charge is 0.343 e. The zero-order valence-electron chi connectivity index (χ0n) is 19.5. The molecule has 1 aliphatic rings. The Kier molecular flexibility index (Phi) is 6.36. The summed E-state index contributed by atoms with van der Waals surface area (Å²) < 4.78 is 32.6. The lowest BCUT2D eigenvalue weighted by Crippen LogP contribution is -2.35. The highest BCUT2D eigenvalue weighted by molar-refractivity contribution is 5.96. The van der Waals surface area contributed by atoms with Gasteiger partial charge in [0.1, 0.15) is 17.3 Å². The molecule has 3 aromatic rings. The molecule has 1 aromatic heterocycles. The number of ether oxygens (including phenoxy) is 5. The highest BCUT2D eigenvalue weighted by Crippen LogP contribution is 2.43. The van der Waals surface area contributed by atoms with E-state index in [0.717, 1.165) is 0 Å². The van der Waals surface area contributed by atoms with Crippen LogP contribution in [0.15, 0.2) is 51.7 Å². The normalized spacial score (nSPS) is 16.3. The molecule has 2 aromatic carbocycles. The number of fused-ring (bicyclic) bond motifs is 1. The fourth-order valence-corrected chi connectivity index (χ4v) is 4.05. The lowest BCUT2D eigenvalue weighted by atomic mass is 9.88. The van der Waals surface area contributed by atoms with Gasteiger partial charge in [0.2, 0.25) is 5.75 Å². The third-order valence-electron chi connectivity index (χ3n) is 5.61. The third-order valence-corrected chi connectivity index (χ3v) is 5.61. The summed E-state index contributed by atoms with van der Waals surface area (Å²) in [5.74, 6) is 1.39. The molecule has 1 amide bonds. The summed E-state index contributed by atoms with van der Waals surface area (Å²) in [4.78, 5) is 26.2. The summed E-state index contributed by atoms with van der Waals surface area (Å²) in [5, 5.41) is 2.84. The maximum absolute atomic E-state index is 13.4. The van der Waals surface area contributed by atoms with Crippen molar-refractivity contribution in [1.82, 2.24) is 0 Å². The van der Waals surface area contributed by atoms with Crippen molar-refractivity contribution in [3.05, 3.63) is 69.8 Å². The van der Waals surface area contributed by atoms with Crippen molar-refractivity contribution >= 4 is 11.6 Å². The molecule has 0 fully saturated rings. The number of hydrogen-bond donors (Lipinski definition) is 1. The van der Waals surface area contributed by atoms with E-state index in [0.29, 0.717) is 51.3 Å². The number of anilines is 1. The number of benzene rings is 2. The minimum atomic E-state index is -1.02. The summed E-state index contributed by atoms with van der Waals surface area (Å²) in [6.07, 6.45) is -1.02. The van der Waals surface area contributed by atoms with Gasteiger partial charge in [0, 0.05) is 23.9 Å². The van der Waals surface area contributed by atoms with Gasteiger partial charge in [-0.2, -0.15) is 0 Å². The van der Waals surface area contributed by atoms with Gasteiger partial charge in [-0.25, -0.2) is 4.79 Å². The predicted molar refractivity (Wildman–Crippen MR) is 124 cm³/mol. The van der Waals surface area contributed by atoms with Crippen molar-refractivity contribution in [2.75, 3.05) is 33.8 Å². The minimum absolute atomic E-state index is 0.292. The summed E-state index contributed by atoms with van der Waals surface area (Å²) in [7, 11) is 6.03. The maximum atomic E-state index is 13.4. The van der Waals surface area contributed by atoms with Gasteiger partial charge in [-0.05, 0) is 24.6 Å². The van der Waals surface area contributed by atoms with Crippen molar-refractivity contribution in [1.29, 1.82) is 0 Å². The molecular weight excluding hydrogens is 442 g/mol. The Hall–Kier alpha value is -4.14. The molecule has 0 aliphatic carbocycles. The molecule has 9 nitrogen and oxygen atoms in total. The number of nitrogens with one attached hydrogen (secondary N) is 1. The number of hydrogen-bond acceptors (Lipinski definition) is 8. The molecule has 0 unspecified atom stereocenters. The average molecular weight is 467 g/mol. The molecule has 0 radical (unpaired) electrons. The Balaban J connectivity index is 1.73. The number of rotatable bonds is 7. The van der Waals surface area contributed by atoms with Crippen LogP contribution in [0.2, 0.25) is 0 Å². The van der Waals surface area contributed by atoms with Gasteiger partial charge in [-0.15, -0.1) is 0 Å². The quantitative estimate of drug-likeness (QED) is 0.563. The van der Waals surface area contributed by atoms with E-state index in [4.69, 9.17) is 28.1 Å². The highest BCUT2D eigenvalue weighted by Gasteiger charge is 2.43. The average Bonchev–Trinajstić information content (AvgIpc) is 3.23. The van der Waals surface area contributed by atoms with Crippen LogP contribution in [0.5, 0.6) is 28.7 Å². The van der Waals surface area contributed by atoms with Crippen molar-refractivity contribution in [2.45, 2.75) is 18.9 Å². The van der Waals surface area contributed by atoms with Crippen LogP contribution in [0.25, 0.3) is 0 Å². The lowest BCUT2D eigenvalue weighted by molar-refractivity contribution is -0.122. The highest BCUT2D eigenvalue weighted by atomic mass is 16.5. The second kappa shape index (κ2) is 9.38. The first-order valence-corrected chi connectivity index (χ1v) is 10.5. The Labute approximate surface area is 196 Å². The summed E-state index contributed by atoms with van der Waals surface area (Å²) in [6.45, 7) is 1.65. The van der Waals surface area contributed by atoms with E-state index in [1.807, 2.05) is 0 Å². The van der Waals surface area contributed by atoms with Gasteiger partial charge in [0.05, 0.1) is 39.9 Å². The monoisotopic (exact) mass is 467 g/mol. The standard InChI is InChI=1S/C25H25NO8/c1-13-10-17-21(25(28)33-13)20(14-6-8-16(29-2)9-7-14)23(34-17)24(27)26-15-11-18(30-3)22(32-5)19(12-15)31-4/h6-12,20,23H,1-5H3,(H,26,27)/t20-,23-/m1/s1. The topological polar surface area (TPSA) is 105 Å². The van der Waals surface area contributed by atoms with Crippen LogP contribution in [-0.2, 0) is 4.79 Å². The van der Waals surface area contributed by atoms with Crippen molar-refractivity contribution < 1.29 is 32.9 Å². The fraction of sp³-hybridized carbons (Fsp3) is 0.280.